The molecule has 0 saturated carbocycles. The molecule has 21 heavy (non-hydrogen) atoms. The summed E-state index contributed by atoms with van der Waals surface area (Å²) in [6.07, 6.45) is 0. The standard InChI is InChI=1S/C17H19NO3/c1-18(2)11-17(20)15-9-8-14(10-16(15)19)21-12-13-6-4-3-5-7-13/h3-10,19H,11-12H2,1-2H3. The Balaban J connectivity index is 2.03. The number of hydrogen-bond donors (Lipinski definition) is 1. The van der Waals surface area contributed by atoms with Gasteiger partial charge in [-0.1, -0.05) is 30.3 Å². The molecule has 0 aromatic heterocycles. The SMILES string of the molecule is CN(C)CC(=O)c1ccc(OCc2ccccc2)cc1O. The van der Waals surface area contributed by atoms with E-state index in [1.165, 1.54) is 6.07 Å². The Morgan fingerprint density at radius 1 is 1.14 bits per heavy atom. The molecular formula is C17H19NO3. The zero-order valence-electron chi connectivity index (χ0n) is 12.2. The van der Waals surface area contributed by atoms with Crippen LogP contribution in [0.15, 0.2) is 48.5 Å². The first kappa shape index (κ1) is 15.1. The Morgan fingerprint density at radius 3 is 2.48 bits per heavy atom. The highest BCUT2D eigenvalue weighted by Crippen LogP contribution is 2.24. The number of nitrogens with zero attached hydrogens (tertiary/aromatic N) is 1. The Hall–Kier alpha value is -2.33. The number of Topliss-reactive ketones (excluding diaryl/α,β-unsaturated/α-hetero) is 1. The van der Waals surface area contributed by atoms with Crippen LogP contribution in [-0.2, 0) is 6.61 Å². The lowest BCUT2D eigenvalue weighted by Gasteiger charge is -2.11. The summed E-state index contributed by atoms with van der Waals surface area (Å²) in [5.74, 6) is 0.372. The van der Waals surface area contributed by atoms with E-state index >= 15 is 0 Å². The maximum atomic E-state index is 11.9. The number of rotatable bonds is 6. The van der Waals surface area contributed by atoms with Gasteiger partial charge in [0.1, 0.15) is 18.1 Å². The Labute approximate surface area is 124 Å². The molecule has 110 valence electrons. The molecular weight excluding hydrogens is 266 g/mol. The molecule has 4 heteroatoms. The number of ether oxygens (including phenoxy) is 1. The van der Waals surface area contributed by atoms with Gasteiger partial charge in [-0.3, -0.25) is 4.79 Å². The van der Waals surface area contributed by atoms with Gasteiger partial charge >= 0.3 is 0 Å². The summed E-state index contributed by atoms with van der Waals surface area (Å²) >= 11 is 0. The highest BCUT2D eigenvalue weighted by molar-refractivity contribution is 6.00. The van der Waals surface area contributed by atoms with Crippen LogP contribution in [0.4, 0.5) is 0 Å². The second kappa shape index (κ2) is 6.90. The van der Waals surface area contributed by atoms with Gasteiger partial charge in [-0.15, -0.1) is 0 Å². The van der Waals surface area contributed by atoms with Crippen LogP contribution in [0.25, 0.3) is 0 Å². The number of phenols is 1. The third kappa shape index (κ3) is 4.33. The fourth-order valence-corrected chi connectivity index (χ4v) is 1.95. The van der Waals surface area contributed by atoms with Gasteiger partial charge in [-0.2, -0.15) is 0 Å². The van der Waals surface area contributed by atoms with Crippen LogP contribution in [0, 0.1) is 0 Å². The van der Waals surface area contributed by atoms with Crippen molar-refractivity contribution in [1.82, 2.24) is 4.90 Å². The predicted molar refractivity (Wildman–Crippen MR) is 81.8 cm³/mol. The first-order valence-corrected chi connectivity index (χ1v) is 6.74. The van der Waals surface area contributed by atoms with Crippen molar-refractivity contribution in [1.29, 1.82) is 0 Å². The van der Waals surface area contributed by atoms with E-state index in [0.717, 1.165) is 5.56 Å². The minimum absolute atomic E-state index is 0.0487. The smallest absolute Gasteiger partial charge is 0.180 e. The summed E-state index contributed by atoms with van der Waals surface area (Å²) in [6, 6.07) is 14.5. The lowest BCUT2D eigenvalue weighted by molar-refractivity contribution is 0.0955. The van der Waals surface area contributed by atoms with E-state index in [1.54, 1.807) is 17.0 Å². The van der Waals surface area contributed by atoms with Crippen LogP contribution in [-0.4, -0.2) is 36.4 Å². The first-order valence-electron chi connectivity index (χ1n) is 6.74. The number of phenolic OH excluding ortho intramolecular Hbond substituents is 1. The van der Waals surface area contributed by atoms with E-state index < -0.39 is 0 Å². The maximum absolute atomic E-state index is 11.9. The molecule has 0 saturated heterocycles. The Kier molecular flexibility index (Phi) is 4.95. The van der Waals surface area contributed by atoms with Gasteiger partial charge in [0.25, 0.3) is 0 Å². The molecule has 2 aromatic rings. The zero-order valence-corrected chi connectivity index (χ0v) is 12.2. The summed E-state index contributed by atoms with van der Waals surface area (Å²) in [6.45, 7) is 0.684. The zero-order chi connectivity index (χ0) is 15.2. The number of carbonyl (C=O) groups excluding carboxylic acids is 1. The van der Waals surface area contributed by atoms with Gasteiger partial charge in [-0.25, -0.2) is 0 Å². The second-order valence-electron chi connectivity index (χ2n) is 5.11. The summed E-state index contributed by atoms with van der Waals surface area (Å²) in [4.78, 5) is 13.7. The van der Waals surface area contributed by atoms with Crippen molar-refractivity contribution in [3.63, 3.8) is 0 Å². The van der Waals surface area contributed by atoms with Crippen molar-refractivity contribution < 1.29 is 14.6 Å². The third-order valence-corrected chi connectivity index (χ3v) is 2.98. The third-order valence-electron chi connectivity index (χ3n) is 2.98. The average Bonchev–Trinajstić information content (AvgIpc) is 2.45. The Morgan fingerprint density at radius 2 is 1.86 bits per heavy atom. The summed E-state index contributed by atoms with van der Waals surface area (Å²) in [5.41, 5.74) is 1.36. The van der Waals surface area contributed by atoms with Crippen molar-refractivity contribution in [3.05, 3.63) is 59.7 Å². The average molecular weight is 285 g/mol. The largest absolute Gasteiger partial charge is 0.507 e. The molecule has 0 aliphatic rings. The quantitative estimate of drug-likeness (QED) is 0.829. The molecule has 0 aliphatic carbocycles. The minimum Gasteiger partial charge on any atom is -0.507 e. The number of ketones is 1. The van der Waals surface area contributed by atoms with Gasteiger partial charge in [0, 0.05) is 6.07 Å². The first-order chi connectivity index (χ1) is 10.1. The highest BCUT2D eigenvalue weighted by Gasteiger charge is 2.12. The topological polar surface area (TPSA) is 49.8 Å². The van der Waals surface area contributed by atoms with E-state index in [2.05, 4.69) is 0 Å². The lowest BCUT2D eigenvalue weighted by Crippen LogP contribution is -2.21. The molecule has 0 unspecified atom stereocenters. The molecule has 0 radical (unpaired) electrons. The van der Waals surface area contributed by atoms with Crippen molar-refractivity contribution in [2.75, 3.05) is 20.6 Å². The molecule has 0 atom stereocenters. The molecule has 0 spiro atoms. The summed E-state index contributed by atoms with van der Waals surface area (Å²) < 4.78 is 5.61. The van der Waals surface area contributed by atoms with E-state index in [0.29, 0.717) is 17.9 Å². The van der Waals surface area contributed by atoms with Crippen molar-refractivity contribution in [2.24, 2.45) is 0 Å². The monoisotopic (exact) mass is 285 g/mol. The van der Waals surface area contributed by atoms with Crippen LogP contribution in [0.1, 0.15) is 15.9 Å². The molecule has 2 rings (SSSR count). The predicted octanol–water partition coefficient (Wildman–Crippen LogP) is 2.72. The van der Waals surface area contributed by atoms with E-state index in [1.807, 2.05) is 44.4 Å². The van der Waals surface area contributed by atoms with Crippen LogP contribution in [0.5, 0.6) is 11.5 Å². The van der Waals surface area contributed by atoms with E-state index in [-0.39, 0.29) is 18.1 Å². The molecule has 1 N–H and O–H groups in total. The number of carbonyl (C=O) groups is 1. The number of benzene rings is 2. The highest BCUT2D eigenvalue weighted by atomic mass is 16.5. The normalized spacial score (nSPS) is 10.6. The summed E-state index contributed by atoms with van der Waals surface area (Å²) in [7, 11) is 3.62. The van der Waals surface area contributed by atoms with Crippen LogP contribution in [0.2, 0.25) is 0 Å². The maximum Gasteiger partial charge on any atom is 0.180 e. The number of hydrogen-bond acceptors (Lipinski definition) is 4. The summed E-state index contributed by atoms with van der Waals surface area (Å²) in [5, 5.41) is 9.95. The molecule has 0 aliphatic heterocycles. The van der Waals surface area contributed by atoms with Gasteiger partial charge in [0.2, 0.25) is 0 Å². The molecule has 0 fully saturated rings. The van der Waals surface area contributed by atoms with Crippen LogP contribution in [0.3, 0.4) is 0 Å². The lowest BCUT2D eigenvalue weighted by atomic mass is 10.1. The van der Waals surface area contributed by atoms with Gasteiger partial charge in [-0.05, 0) is 31.8 Å². The van der Waals surface area contributed by atoms with Crippen molar-refractivity contribution in [3.8, 4) is 11.5 Å². The Bertz CT molecular complexity index is 609. The van der Waals surface area contributed by atoms with Gasteiger partial charge in [0.15, 0.2) is 5.78 Å². The molecule has 0 heterocycles. The number of aromatic hydroxyl groups is 1. The fourth-order valence-electron chi connectivity index (χ4n) is 1.95. The fraction of sp³-hybridized carbons (Fsp3) is 0.235. The molecule has 4 nitrogen and oxygen atoms in total. The second-order valence-corrected chi connectivity index (χ2v) is 5.11. The van der Waals surface area contributed by atoms with Crippen molar-refractivity contribution in [2.45, 2.75) is 6.61 Å². The van der Waals surface area contributed by atoms with Gasteiger partial charge < -0.3 is 14.7 Å². The molecule has 0 amide bonds. The molecule has 0 bridgehead atoms. The molecule has 2 aromatic carbocycles. The van der Waals surface area contributed by atoms with Crippen LogP contribution < -0.4 is 4.74 Å². The minimum atomic E-state index is -0.118. The number of likely N-dealkylation sites (N-methyl/N-ethyl adjacent to an activating group) is 1. The van der Waals surface area contributed by atoms with E-state index in [9.17, 15) is 9.90 Å². The van der Waals surface area contributed by atoms with E-state index in [4.69, 9.17) is 4.74 Å². The van der Waals surface area contributed by atoms with Crippen molar-refractivity contribution >= 4 is 5.78 Å². The van der Waals surface area contributed by atoms with Gasteiger partial charge in [0.05, 0.1) is 12.1 Å². The van der Waals surface area contributed by atoms with Crippen LogP contribution >= 0.6 is 0 Å².